The van der Waals surface area contributed by atoms with Crippen LogP contribution in [0.15, 0.2) is 48.5 Å². The highest BCUT2D eigenvalue weighted by atomic mass is 16.5. The zero-order valence-electron chi connectivity index (χ0n) is 15.8. The summed E-state index contributed by atoms with van der Waals surface area (Å²) in [6, 6.07) is 17.5. The Balaban J connectivity index is 1.52. The Morgan fingerprint density at radius 3 is 2.59 bits per heavy atom. The number of hydrogen-bond donors (Lipinski definition) is 1. The van der Waals surface area contributed by atoms with E-state index < -0.39 is 0 Å². The van der Waals surface area contributed by atoms with Crippen LogP contribution in [0.5, 0.6) is 0 Å². The Hall–Kier alpha value is -2.79. The number of para-hydroxylation sites is 1. The van der Waals surface area contributed by atoms with Crippen LogP contribution in [0.4, 0.5) is 11.4 Å². The SMILES string of the molecule is Cc1cc2n(n1)[C@H](c1ccc(N3CCOCC3)cc1)Nc1c(C)cccc1-2. The van der Waals surface area contributed by atoms with Gasteiger partial charge < -0.3 is 15.0 Å². The maximum atomic E-state index is 5.46. The number of fused-ring (bicyclic) bond motifs is 3. The standard InChI is InChI=1S/C22H24N4O/c1-15-4-3-5-19-20-14-16(2)24-26(20)22(23-21(15)19)17-6-8-18(9-7-17)25-10-12-27-13-11-25/h3-9,14,22-23H,10-13H2,1-2H3/t22-/m1/s1. The van der Waals surface area contributed by atoms with Crippen LogP contribution in [-0.2, 0) is 4.74 Å². The molecule has 138 valence electrons. The number of hydrogen-bond acceptors (Lipinski definition) is 4. The molecule has 1 fully saturated rings. The molecule has 0 radical (unpaired) electrons. The molecule has 2 aromatic carbocycles. The third kappa shape index (κ3) is 2.79. The Morgan fingerprint density at radius 1 is 1.04 bits per heavy atom. The van der Waals surface area contributed by atoms with Crippen LogP contribution in [0.25, 0.3) is 11.3 Å². The van der Waals surface area contributed by atoms with Gasteiger partial charge in [-0.15, -0.1) is 0 Å². The van der Waals surface area contributed by atoms with Gasteiger partial charge in [-0.25, -0.2) is 4.68 Å². The first-order valence-electron chi connectivity index (χ1n) is 9.56. The quantitative estimate of drug-likeness (QED) is 0.751. The molecule has 1 saturated heterocycles. The fourth-order valence-electron chi connectivity index (χ4n) is 4.10. The van der Waals surface area contributed by atoms with Crippen LogP contribution in [0, 0.1) is 13.8 Å². The lowest BCUT2D eigenvalue weighted by molar-refractivity contribution is 0.122. The van der Waals surface area contributed by atoms with Gasteiger partial charge in [0.25, 0.3) is 0 Å². The summed E-state index contributed by atoms with van der Waals surface area (Å²) < 4.78 is 7.57. The molecule has 0 spiro atoms. The lowest BCUT2D eigenvalue weighted by Gasteiger charge is -2.31. The molecule has 5 rings (SSSR count). The van der Waals surface area contributed by atoms with Crippen molar-refractivity contribution in [3.8, 4) is 11.3 Å². The number of rotatable bonds is 2. The number of morpholine rings is 1. The average molecular weight is 360 g/mol. The average Bonchev–Trinajstić information content (AvgIpc) is 3.10. The molecule has 3 aromatic rings. The molecule has 0 amide bonds. The second-order valence-corrected chi connectivity index (χ2v) is 7.35. The van der Waals surface area contributed by atoms with Gasteiger partial charge in [0.1, 0.15) is 6.17 Å². The van der Waals surface area contributed by atoms with E-state index in [-0.39, 0.29) is 6.17 Å². The van der Waals surface area contributed by atoms with Crippen molar-refractivity contribution in [3.05, 3.63) is 65.4 Å². The largest absolute Gasteiger partial charge is 0.378 e. The molecule has 0 aliphatic carbocycles. The Kier molecular flexibility index (Phi) is 3.90. The number of anilines is 2. The molecule has 27 heavy (non-hydrogen) atoms. The first-order valence-corrected chi connectivity index (χ1v) is 9.56. The van der Waals surface area contributed by atoms with Gasteiger partial charge in [-0.1, -0.05) is 30.3 Å². The minimum Gasteiger partial charge on any atom is -0.378 e. The third-order valence-corrected chi connectivity index (χ3v) is 5.52. The lowest BCUT2D eigenvalue weighted by atomic mass is 10.0. The molecular formula is C22H24N4O. The minimum absolute atomic E-state index is 0.000962. The third-order valence-electron chi connectivity index (χ3n) is 5.52. The van der Waals surface area contributed by atoms with Crippen molar-refractivity contribution in [1.29, 1.82) is 0 Å². The van der Waals surface area contributed by atoms with Crippen molar-refractivity contribution in [2.24, 2.45) is 0 Å². The van der Waals surface area contributed by atoms with Gasteiger partial charge in [-0.3, -0.25) is 0 Å². The van der Waals surface area contributed by atoms with Gasteiger partial charge >= 0.3 is 0 Å². The van der Waals surface area contributed by atoms with Crippen molar-refractivity contribution < 1.29 is 4.74 Å². The van der Waals surface area contributed by atoms with Gasteiger partial charge in [-0.2, -0.15) is 5.10 Å². The van der Waals surface area contributed by atoms with E-state index in [4.69, 9.17) is 9.84 Å². The van der Waals surface area contributed by atoms with Gasteiger partial charge in [0, 0.05) is 30.0 Å². The van der Waals surface area contributed by atoms with Gasteiger partial charge in [0.15, 0.2) is 0 Å². The van der Waals surface area contributed by atoms with E-state index in [1.54, 1.807) is 0 Å². The second kappa shape index (κ2) is 6.43. The lowest BCUT2D eigenvalue weighted by Crippen LogP contribution is -2.36. The highest BCUT2D eigenvalue weighted by Crippen LogP contribution is 2.40. The van der Waals surface area contributed by atoms with E-state index in [1.807, 2.05) is 0 Å². The summed E-state index contributed by atoms with van der Waals surface area (Å²) in [6.45, 7) is 7.73. The molecule has 1 N–H and O–H groups in total. The van der Waals surface area contributed by atoms with E-state index in [0.29, 0.717) is 0 Å². The molecule has 2 aliphatic heterocycles. The molecular weight excluding hydrogens is 336 g/mol. The van der Waals surface area contributed by atoms with Gasteiger partial charge in [0.2, 0.25) is 0 Å². The zero-order chi connectivity index (χ0) is 18.4. The molecule has 5 nitrogen and oxygen atoms in total. The number of nitrogens with one attached hydrogen (secondary N) is 1. The van der Waals surface area contributed by atoms with Crippen molar-refractivity contribution in [3.63, 3.8) is 0 Å². The van der Waals surface area contributed by atoms with Crippen molar-refractivity contribution in [2.75, 3.05) is 36.5 Å². The number of ether oxygens (including phenoxy) is 1. The maximum absolute atomic E-state index is 5.46. The Bertz CT molecular complexity index is 970. The van der Waals surface area contributed by atoms with Crippen molar-refractivity contribution in [1.82, 2.24) is 9.78 Å². The fraction of sp³-hybridized carbons (Fsp3) is 0.318. The number of aryl methyl sites for hydroxylation is 2. The highest BCUT2D eigenvalue weighted by molar-refractivity contribution is 5.81. The topological polar surface area (TPSA) is 42.3 Å². The van der Waals surface area contributed by atoms with Crippen LogP contribution < -0.4 is 10.2 Å². The molecule has 1 atom stereocenters. The molecule has 3 heterocycles. The van der Waals surface area contributed by atoms with Crippen molar-refractivity contribution >= 4 is 11.4 Å². The zero-order valence-corrected chi connectivity index (χ0v) is 15.8. The number of benzene rings is 2. The van der Waals surface area contributed by atoms with Crippen LogP contribution >= 0.6 is 0 Å². The molecule has 2 aliphatic rings. The summed E-state index contributed by atoms with van der Waals surface area (Å²) in [7, 11) is 0. The minimum atomic E-state index is 0.000962. The first kappa shape index (κ1) is 16.4. The normalized spacial score (nSPS) is 18.6. The Morgan fingerprint density at radius 2 is 1.81 bits per heavy atom. The van der Waals surface area contributed by atoms with Gasteiger partial charge in [-0.05, 0) is 43.2 Å². The summed E-state index contributed by atoms with van der Waals surface area (Å²) in [6.07, 6.45) is 0.000962. The molecule has 0 saturated carbocycles. The second-order valence-electron chi connectivity index (χ2n) is 7.35. The van der Waals surface area contributed by atoms with Crippen LogP contribution in [0.3, 0.4) is 0 Å². The molecule has 0 bridgehead atoms. The number of nitrogens with zero attached hydrogens (tertiary/aromatic N) is 3. The highest BCUT2D eigenvalue weighted by Gasteiger charge is 2.27. The molecule has 1 aromatic heterocycles. The van der Waals surface area contributed by atoms with E-state index in [1.165, 1.54) is 33.8 Å². The van der Waals surface area contributed by atoms with Crippen LogP contribution in [0.1, 0.15) is 23.0 Å². The van der Waals surface area contributed by atoms with Crippen LogP contribution in [0.2, 0.25) is 0 Å². The molecule has 5 heteroatoms. The summed E-state index contributed by atoms with van der Waals surface area (Å²) in [5.74, 6) is 0. The maximum Gasteiger partial charge on any atom is 0.147 e. The van der Waals surface area contributed by atoms with E-state index >= 15 is 0 Å². The summed E-state index contributed by atoms with van der Waals surface area (Å²) in [5, 5.41) is 8.49. The summed E-state index contributed by atoms with van der Waals surface area (Å²) in [5.41, 5.74) is 8.36. The summed E-state index contributed by atoms with van der Waals surface area (Å²) >= 11 is 0. The Labute approximate surface area is 159 Å². The number of aromatic nitrogens is 2. The van der Waals surface area contributed by atoms with Crippen molar-refractivity contribution in [2.45, 2.75) is 20.0 Å². The predicted molar refractivity (Wildman–Crippen MR) is 108 cm³/mol. The van der Waals surface area contributed by atoms with Gasteiger partial charge in [0.05, 0.1) is 24.6 Å². The van der Waals surface area contributed by atoms with E-state index in [0.717, 1.165) is 32.0 Å². The summed E-state index contributed by atoms with van der Waals surface area (Å²) in [4.78, 5) is 2.38. The van der Waals surface area contributed by atoms with E-state index in [2.05, 4.69) is 77.3 Å². The van der Waals surface area contributed by atoms with Crippen LogP contribution in [-0.4, -0.2) is 36.1 Å². The monoisotopic (exact) mass is 360 g/mol. The first-order chi connectivity index (χ1) is 13.2. The smallest absolute Gasteiger partial charge is 0.147 e. The fourth-order valence-corrected chi connectivity index (χ4v) is 4.10. The molecule has 0 unspecified atom stereocenters. The van der Waals surface area contributed by atoms with E-state index in [9.17, 15) is 0 Å². The predicted octanol–water partition coefficient (Wildman–Crippen LogP) is 3.98.